The molecule has 4 aromatic rings. The SMILES string of the molecule is CC.CC.COc1ccc(CC(=O)Nc2ccc(C(=O)N(CC(=O)OC(C)(C)C)Cc3ccc(-c4ncc(C5=CCC(C6CCCCC6)CC5)cn4)cc3)c(C#N)c2)c(C(F)(F)F)c1. The van der Waals surface area contributed by atoms with Gasteiger partial charge in [0.05, 0.1) is 30.2 Å². The predicted octanol–water partition coefficient (Wildman–Crippen LogP) is 12.0. The highest BCUT2D eigenvalue weighted by Gasteiger charge is 2.34. The van der Waals surface area contributed by atoms with Gasteiger partial charge in [-0.25, -0.2) is 9.97 Å². The molecular formula is C51H62F3N5O5. The second-order valence-electron chi connectivity index (χ2n) is 16.5. The molecule has 0 spiro atoms. The van der Waals surface area contributed by atoms with Crippen LogP contribution < -0.4 is 10.1 Å². The highest BCUT2D eigenvalue weighted by atomic mass is 19.4. The molecule has 0 bridgehead atoms. The van der Waals surface area contributed by atoms with Gasteiger partial charge >= 0.3 is 12.1 Å². The Kier molecular flexibility index (Phi) is 18.7. The standard InChI is InChI=1S/C47H50F3N5O5.2C2H6/c1-46(2,3)60-43(57)29-55(45(58)40-21-19-38(22-36(40)25-51)54-42(56)23-35-18-20-39(59-4)24-41(35)47(48,49)50)28-30-10-12-34(13-11-30)44-52-26-37(27-53-44)33-16-14-32(15-17-33)31-8-6-5-7-9-31;2*1-2/h10-13,16,18-22,24,26-27,31-32H,5-9,14-15,17,23,28-29H2,1-4H3,(H,54,56);2*1-2H3. The molecule has 2 aliphatic rings. The van der Waals surface area contributed by atoms with Crippen LogP contribution in [0.25, 0.3) is 17.0 Å². The molecule has 1 N–H and O–H groups in total. The number of halogens is 3. The van der Waals surface area contributed by atoms with Gasteiger partial charge in [-0.1, -0.05) is 96.2 Å². The number of esters is 1. The number of alkyl halides is 3. The normalized spacial score (nSPS) is 15.2. The van der Waals surface area contributed by atoms with E-state index in [1.165, 1.54) is 86.4 Å². The molecular weight excluding hydrogens is 820 g/mol. The third-order valence-electron chi connectivity index (χ3n) is 11.0. The van der Waals surface area contributed by atoms with Crippen molar-refractivity contribution in [1.82, 2.24) is 14.9 Å². The van der Waals surface area contributed by atoms with Crippen LogP contribution >= 0.6 is 0 Å². The summed E-state index contributed by atoms with van der Waals surface area (Å²) in [4.78, 5) is 50.6. The summed E-state index contributed by atoms with van der Waals surface area (Å²) in [5.41, 5.74) is 1.64. The molecule has 0 aliphatic heterocycles. The van der Waals surface area contributed by atoms with Gasteiger partial charge in [-0.15, -0.1) is 0 Å². The Hall–Kier alpha value is -6.03. The molecule has 2 amide bonds. The van der Waals surface area contributed by atoms with Crippen LogP contribution in [0, 0.1) is 23.2 Å². The summed E-state index contributed by atoms with van der Waals surface area (Å²) in [5.74, 6) is 0.107. The number of carbonyl (C=O) groups is 3. The molecule has 6 rings (SSSR count). The first-order valence-electron chi connectivity index (χ1n) is 22.3. The number of methoxy groups -OCH3 is 1. The molecule has 10 nitrogen and oxygen atoms in total. The molecule has 1 aromatic heterocycles. The zero-order chi connectivity index (χ0) is 47.0. The maximum Gasteiger partial charge on any atom is 0.416 e. The van der Waals surface area contributed by atoms with Crippen LogP contribution in [-0.2, 0) is 33.5 Å². The molecule has 64 heavy (non-hydrogen) atoms. The van der Waals surface area contributed by atoms with Crippen LogP contribution in [-0.4, -0.2) is 51.9 Å². The molecule has 0 saturated heterocycles. The van der Waals surface area contributed by atoms with Gasteiger partial charge in [0.1, 0.15) is 24.0 Å². The van der Waals surface area contributed by atoms with Crippen LogP contribution in [0.3, 0.4) is 0 Å². The van der Waals surface area contributed by atoms with Crippen molar-refractivity contribution in [2.45, 2.75) is 125 Å². The molecule has 1 unspecified atom stereocenters. The average molecular weight is 882 g/mol. The van der Waals surface area contributed by atoms with Crippen molar-refractivity contribution in [3.63, 3.8) is 0 Å². The van der Waals surface area contributed by atoms with E-state index in [4.69, 9.17) is 9.47 Å². The second kappa shape index (κ2) is 23.6. The lowest BCUT2D eigenvalue weighted by molar-refractivity contribution is -0.155. The number of nitrogens with zero attached hydrogens (tertiary/aromatic N) is 4. The van der Waals surface area contributed by atoms with Crippen molar-refractivity contribution >= 4 is 29.0 Å². The average Bonchev–Trinajstić information content (AvgIpc) is 3.29. The number of benzene rings is 3. The molecule has 3 aromatic carbocycles. The zero-order valence-corrected chi connectivity index (χ0v) is 38.4. The molecule has 1 atom stereocenters. The number of ether oxygens (including phenoxy) is 2. The van der Waals surface area contributed by atoms with Gasteiger partial charge in [-0.05, 0) is 98.9 Å². The first-order chi connectivity index (χ1) is 30.6. The molecule has 1 fully saturated rings. The van der Waals surface area contributed by atoms with Gasteiger partial charge < -0.3 is 19.7 Å². The number of hydrogen-bond acceptors (Lipinski definition) is 8. The van der Waals surface area contributed by atoms with Gasteiger partial charge in [0.25, 0.3) is 5.91 Å². The van der Waals surface area contributed by atoms with E-state index in [1.54, 1.807) is 20.8 Å². The summed E-state index contributed by atoms with van der Waals surface area (Å²) >= 11 is 0. The number of nitrogens with one attached hydrogen (secondary N) is 1. The number of allylic oxidation sites excluding steroid dienone is 2. The third kappa shape index (κ3) is 14.2. The fraction of sp³-hybridized carbons (Fsp3) is 0.451. The maximum atomic E-state index is 14.1. The summed E-state index contributed by atoms with van der Waals surface area (Å²) in [6, 6.07) is 16.6. The minimum Gasteiger partial charge on any atom is -0.497 e. The lowest BCUT2D eigenvalue weighted by Gasteiger charge is -2.32. The number of nitriles is 1. The number of hydrogen-bond donors (Lipinski definition) is 1. The smallest absolute Gasteiger partial charge is 0.416 e. The van der Waals surface area contributed by atoms with Gasteiger partial charge in [0.15, 0.2) is 5.82 Å². The quantitative estimate of drug-likeness (QED) is 0.139. The van der Waals surface area contributed by atoms with E-state index in [0.717, 1.165) is 41.9 Å². The van der Waals surface area contributed by atoms with E-state index >= 15 is 0 Å². The fourth-order valence-corrected chi connectivity index (χ4v) is 8.05. The molecule has 1 saturated carbocycles. The Bertz CT molecular complexity index is 2250. The number of amides is 2. The Labute approximate surface area is 376 Å². The van der Waals surface area contributed by atoms with Crippen LogP contribution in [0.15, 0.2) is 79.1 Å². The minimum atomic E-state index is -4.72. The minimum absolute atomic E-state index is 0.00645. The lowest BCUT2D eigenvalue weighted by Crippen LogP contribution is -2.38. The first-order valence-corrected chi connectivity index (χ1v) is 22.3. The van der Waals surface area contributed by atoms with E-state index in [1.807, 2.05) is 70.4 Å². The molecule has 2 aliphatic carbocycles. The van der Waals surface area contributed by atoms with Crippen molar-refractivity contribution in [2.75, 3.05) is 19.0 Å². The number of aromatic nitrogens is 2. The third-order valence-corrected chi connectivity index (χ3v) is 11.0. The predicted molar refractivity (Wildman–Crippen MR) is 244 cm³/mol. The molecule has 13 heteroatoms. The van der Waals surface area contributed by atoms with E-state index in [9.17, 15) is 32.8 Å². The maximum absolute atomic E-state index is 14.1. The summed E-state index contributed by atoms with van der Waals surface area (Å²) in [6.07, 6.45) is 10.9. The molecule has 1 heterocycles. The highest BCUT2D eigenvalue weighted by Crippen LogP contribution is 2.40. The Balaban J connectivity index is 0.00000218. The van der Waals surface area contributed by atoms with Crippen LogP contribution in [0.1, 0.15) is 138 Å². The Morgan fingerprint density at radius 2 is 1.53 bits per heavy atom. The van der Waals surface area contributed by atoms with Crippen LogP contribution in [0.2, 0.25) is 0 Å². The monoisotopic (exact) mass is 881 g/mol. The molecule has 0 radical (unpaired) electrons. The summed E-state index contributed by atoms with van der Waals surface area (Å²) < 4.78 is 51.6. The van der Waals surface area contributed by atoms with Crippen molar-refractivity contribution in [3.8, 4) is 23.2 Å². The first kappa shape index (κ1) is 50.6. The summed E-state index contributed by atoms with van der Waals surface area (Å²) in [6.45, 7) is 12.7. The van der Waals surface area contributed by atoms with Gasteiger partial charge in [0, 0.05) is 35.8 Å². The van der Waals surface area contributed by atoms with E-state index in [0.29, 0.717) is 11.4 Å². The van der Waals surface area contributed by atoms with Crippen molar-refractivity contribution in [1.29, 1.82) is 5.26 Å². The number of rotatable bonds is 12. The lowest BCUT2D eigenvalue weighted by atomic mass is 9.73. The second-order valence-corrected chi connectivity index (χ2v) is 16.5. The highest BCUT2D eigenvalue weighted by molar-refractivity contribution is 5.99. The largest absolute Gasteiger partial charge is 0.497 e. The van der Waals surface area contributed by atoms with Gasteiger partial charge in [0.2, 0.25) is 5.91 Å². The summed E-state index contributed by atoms with van der Waals surface area (Å²) in [7, 11) is 1.24. The van der Waals surface area contributed by atoms with E-state index in [2.05, 4.69) is 21.4 Å². The zero-order valence-electron chi connectivity index (χ0n) is 38.4. The Morgan fingerprint density at radius 1 is 0.859 bits per heavy atom. The van der Waals surface area contributed by atoms with Gasteiger partial charge in [-0.2, -0.15) is 18.4 Å². The van der Waals surface area contributed by atoms with Crippen molar-refractivity contribution in [2.24, 2.45) is 11.8 Å². The van der Waals surface area contributed by atoms with Crippen molar-refractivity contribution < 1.29 is 37.0 Å². The van der Waals surface area contributed by atoms with E-state index in [-0.39, 0.29) is 34.7 Å². The number of anilines is 1. The fourth-order valence-electron chi connectivity index (χ4n) is 8.05. The van der Waals surface area contributed by atoms with Crippen LogP contribution in [0.4, 0.5) is 18.9 Å². The van der Waals surface area contributed by atoms with E-state index < -0.39 is 48.1 Å². The van der Waals surface area contributed by atoms with Crippen molar-refractivity contribution in [3.05, 3.63) is 113 Å². The van der Waals surface area contributed by atoms with Gasteiger partial charge in [-0.3, -0.25) is 14.4 Å². The number of carbonyl (C=O) groups excluding carboxylic acids is 3. The topological polar surface area (TPSA) is 135 Å². The Morgan fingerprint density at radius 3 is 2.11 bits per heavy atom. The molecule has 342 valence electrons. The summed E-state index contributed by atoms with van der Waals surface area (Å²) in [5, 5.41) is 12.6. The van der Waals surface area contributed by atoms with Crippen LogP contribution in [0.5, 0.6) is 5.75 Å².